The van der Waals surface area contributed by atoms with Crippen molar-refractivity contribution >= 4 is 27.5 Å². The lowest BCUT2D eigenvalue weighted by Crippen LogP contribution is -2.32. The minimum Gasteiger partial charge on any atom is -0.390 e. The Bertz CT molecular complexity index is 399. The molecule has 0 radical (unpaired) electrons. The van der Waals surface area contributed by atoms with E-state index in [2.05, 4.69) is 15.9 Å². The van der Waals surface area contributed by atoms with Gasteiger partial charge in [-0.1, -0.05) is 52.9 Å². The highest BCUT2D eigenvalue weighted by molar-refractivity contribution is 9.10. The fourth-order valence-corrected chi connectivity index (χ4v) is 3.21. The van der Waals surface area contributed by atoms with E-state index in [0.29, 0.717) is 12.3 Å². The zero-order valence-corrected chi connectivity index (χ0v) is 12.4. The first-order valence-electron chi connectivity index (χ1n) is 6.13. The molecule has 0 spiro atoms. The summed E-state index contributed by atoms with van der Waals surface area (Å²) in [7, 11) is 0. The van der Waals surface area contributed by atoms with Crippen molar-refractivity contribution in [2.75, 3.05) is 0 Å². The molecule has 0 aromatic heterocycles. The number of aliphatic hydroxyl groups is 1. The molecule has 1 unspecified atom stereocenters. The molecule has 3 heteroatoms. The van der Waals surface area contributed by atoms with Crippen LogP contribution in [0.1, 0.15) is 38.2 Å². The van der Waals surface area contributed by atoms with Crippen LogP contribution in [0.15, 0.2) is 22.7 Å². The van der Waals surface area contributed by atoms with E-state index in [1.807, 2.05) is 25.1 Å². The van der Waals surface area contributed by atoms with Gasteiger partial charge in [-0.2, -0.15) is 0 Å². The van der Waals surface area contributed by atoms with Crippen LogP contribution in [0.25, 0.3) is 0 Å². The molecule has 1 aromatic carbocycles. The molecule has 1 N–H and O–H groups in total. The van der Waals surface area contributed by atoms with Crippen LogP contribution >= 0.6 is 27.5 Å². The number of hydrogen-bond acceptors (Lipinski definition) is 1. The van der Waals surface area contributed by atoms with Crippen LogP contribution in [0.5, 0.6) is 0 Å². The molecule has 1 atom stereocenters. The summed E-state index contributed by atoms with van der Waals surface area (Å²) in [5, 5.41) is 11.2. The Labute approximate surface area is 116 Å². The Kier molecular flexibility index (Phi) is 4.17. The molecule has 94 valence electrons. The van der Waals surface area contributed by atoms with E-state index in [0.717, 1.165) is 21.5 Å². The SMILES string of the molecule is CC(O)(Cc1ccc(Br)cc1Cl)CC1CCC1. The zero-order valence-electron chi connectivity index (χ0n) is 10.0. The highest BCUT2D eigenvalue weighted by Gasteiger charge is 2.29. The van der Waals surface area contributed by atoms with Crippen LogP contribution in [-0.4, -0.2) is 10.7 Å². The summed E-state index contributed by atoms with van der Waals surface area (Å²) in [6.07, 6.45) is 5.38. The van der Waals surface area contributed by atoms with Crippen molar-refractivity contribution in [2.45, 2.75) is 44.6 Å². The van der Waals surface area contributed by atoms with Crippen molar-refractivity contribution in [1.82, 2.24) is 0 Å². The molecule has 1 aromatic rings. The van der Waals surface area contributed by atoms with Gasteiger partial charge in [-0.15, -0.1) is 0 Å². The highest BCUT2D eigenvalue weighted by atomic mass is 79.9. The van der Waals surface area contributed by atoms with Gasteiger partial charge < -0.3 is 5.11 Å². The smallest absolute Gasteiger partial charge is 0.0663 e. The maximum absolute atomic E-state index is 10.4. The van der Waals surface area contributed by atoms with Crippen molar-refractivity contribution in [3.05, 3.63) is 33.3 Å². The van der Waals surface area contributed by atoms with Gasteiger partial charge in [0.05, 0.1) is 5.60 Å². The predicted molar refractivity (Wildman–Crippen MR) is 75.4 cm³/mol. The first kappa shape index (κ1) is 13.4. The Hall–Kier alpha value is -0.0500. The van der Waals surface area contributed by atoms with Crippen LogP contribution in [0.2, 0.25) is 5.02 Å². The van der Waals surface area contributed by atoms with Crippen LogP contribution in [-0.2, 0) is 6.42 Å². The molecule has 0 saturated heterocycles. The lowest BCUT2D eigenvalue weighted by molar-refractivity contribution is 0.0204. The number of halogens is 2. The van der Waals surface area contributed by atoms with Gasteiger partial charge in [0.2, 0.25) is 0 Å². The first-order chi connectivity index (χ1) is 7.96. The number of rotatable bonds is 4. The summed E-state index contributed by atoms with van der Waals surface area (Å²) in [6, 6.07) is 5.85. The topological polar surface area (TPSA) is 20.2 Å². The number of hydrogen-bond donors (Lipinski definition) is 1. The third-order valence-corrected chi connectivity index (χ3v) is 4.38. The van der Waals surface area contributed by atoms with E-state index in [1.165, 1.54) is 19.3 Å². The summed E-state index contributed by atoms with van der Waals surface area (Å²) in [5.41, 5.74) is 0.391. The van der Waals surface area contributed by atoms with Gasteiger partial charge in [-0.05, 0) is 37.0 Å². The van der Waals surface area contributed by atoms with Crippen LogP contribution in [0.3, 0.4) is 0 Å². The lowest BCUT2D eigenvalue weighted by Gasteiger charge is -2.33. The molecule has 0 amide bonds. The predicted octanol–water partition coefficient (Wildman–Crippen LogP) is 4.59. The second kappa shape index (κ2) is 5.29. The van der Waals surface area contributed by atoms with E-state index in [4.69, 9.17) is 11.6 Å². The highest BCUT2D eigenvalue weighted by Crippen LogP contribution is 2.35. The van der Waals surface area contributed by atoms with Crippen LogP contribution < -0.4 is 0 Å². The Morgan fingerprint density at radius 2 is 2.18 bits per heavy atom. The van der Waals surface area contributed by atoms with Crippen molar-refractivity contribution in [2.24, 2.45) is 5.92 Å². The molecule has 0 bridgehead atoms. The van der Waals surface area contributed by atoms with Crippen molar-refractivity contribution in [3.8, 4) is 0 Å². The first-order valence-corrected chi connectivity index (χ1v) is 7.30. The van der Waals surface area contributed by atoms with E-state index in [-0.39, 0.29) is 0 Å². The standard InChI is InChI=1S/C14H18BrClO/c1-14(17,8-10-3-2-4-10)9-11-5-6-12(15)7-13(11)16/h5-7,10,17H,2-4,8-9H2,1H3. The maximum Gasteiger partial charge on any atom is 0.0663 e. The molecule has 1 aliphatic carbocycles. The fourth-order valence-electron chi connectivity index (χ4n) is 2.47. The molecule has 1 fully saturated rings. The van der Waals surface area contributed by atoms with Crippen LogP contribution in [0, 0.1) is 5.92 Å². The van der Waals surface area contributed by atoms with Gasteiger partial charge in [0, 0.05) is 15.9 Å². The van der Waals surface area contributed by atoms with Crippen LogP contribution in [0.4, 0.5) is 0 Å². The van der Waals surface area contributed by atoms with E-state index in [9.17, 15) is 5.11 Å². The summed E-state index contributed by atoms with van der Waals surface area (Å²) in [6.45, 7) is 1.92. The minimum absolute atomic E-state index is 0.635. The molecular weight excluding hydrogens is 300 g/mol. The van der Waals surface area contributed by atoms with E-state index in [1.54, 1.807) is 0 Å². The Morgan fingerprint density at radius 1 is 1.47 bits per heavy atom. The lowest BCUT2D eigenvalue weighted by atomic mass is 9.76. The molecule has 1 saturated carbocycles. The van der Waals surface area contributed by atoms with Gasteiger partial charge in [-0.25, -0.2) is 0 Å². The van der Waals surface area contributed by atoms with E-state index >= 15 is 0 Å². The van der Waals surface area contributed by atoms with Crippen molar-refractivity contribution in [1.29, 1.82) is 0 Å². The molecule has 2 rings (SSSR count). The van der Waals surface area contributed by atoms with Crippen molar-refractivity contribution < 1.29 is 5.11 Å². The summed E-state index contributed by atoms with van der Waals surface area (Å²) in [5.74, 6) is 0.708. The van der Waals surface area contributed by atoms with Gasteiger partial charge in [0.15, 0.2) is 0 Å². The van der Waals surface area contributed by atoms with Gasteiger partial charge in [-0.3, -0.25) is 0 Å². The molecule has 1 nitrogen and oxygen atoms in total. The molecular formula is C14H18BrClO. The summed E-state index contributed by atoms with van der Waals surface area (Å²) >= 11 is 9.57. The van der Waals surface area contributed by atoms with E-state index < -0.39 is 5.60 Å². The zero-order chi connectivity index (χ0) is 12.5. The second-order valence-electron chi connectivity index (χ2n) is 5.41. The average Bonchev–Trinajstić information content (AvgIpc) is 2.17. The third-order valence-electron chi connectivity index (χ3n) is 3.54. The minimum atomic E-state index is -0.636. The maximum atomic E-state index is 10.4. The van der Waals surface area contributed by atoms with Gasteiger partial charge in [0.1, 0.15) is 0 Å². The monoisotopic (exact) mass is 316 g/mol. The largest absolute Gasteiger partial charge is 0.390 e. The Balaban J connectivity index is 2.02. The molecule has 1 aliphatic rings. The average molecular weight is 318 g/mol. The summed E-state index contributed by atoms with van der Waals surface area (Å²) < 4.78 is 0.977. The third kappa shape index (κ3) is 3.70. The second-order valence-corrected chi connectivity index (χ2v) is 6.73. The fraction of sp³-hybridized carbons (Fsp3) is 0.571. The normalized spacial score (nSPS) is 19.8. The quantitative estimate of drug-likeness (QED) is 0.861. The number of benzene rings is 1. The molecule has 0 heterocycles. The van der Waals surface area contributed by atoms with Crippen molar-refractivity contribution in [3.63, 3.8) is 0 Å². The Morgan fingerprint density at radius 3 is 2.71 bits per heavy atom. The van der Waals surface area contributed by atoms with Gasteiger partial charge >= 0.3 is 0 Å². The summed E-state index contributed by atoms with van der Waals surface area (Å²) in [4.78, 5) is 0. The molecule has 0 aliphatic heterocycles. The van der Waals surface area contributed by atoms with Gasteiger partial charge in [0.25, 0.3) is 0 Å². The molecule has 17 heavy (non-hydrogen) atoms.